The van der Waals surface area contributed by atoms with Crippen molar-refractivity contribution >= 4 is 5.69 Å². The highest BCUT2D eigenvalue weighted by atomic mass is 16.5. The molecular formula is C13H15N3O3. The highest BCUT2D eigenvalue weighted by Gasteiger charge is 2.22. The zero-order valence-electron chi connectivity index (χ0n) is 10.4. The van der Waals surface area contributed by atoms with Gasteiger partial charge in [-0.05, 0) is 25.0 Å². The Hall–Kier alpha value is -2.08. The van der Waals surface area contributed by atoms with Crippen LogP contribution in [0.25, 0.3) is 11.5 Å². The number of hydrogen-bond donors (Lipinski definition) is 2. The zero-order valence-corrected chi connectivity index (χ0v) is 10.4. The van der Waals surface area contributed by atoms with E-state index < -0.39 is 0 Å². The third-order valence-corrected chi connectivity index (χ3v) is 3.22. The third kappa shape index (κ3) is 2.39. The number of aromatic hydroxyl groups is 1. The molecule has 3 N–H and O–H groups in total. The molecule has 1 fully saturated rings. The molecule has 1 aliphatic rings. The number of nitrogen functional groups attached to an aromatic ring is 1. The Morgan fingerprint density at radius 3 is 3.00 bits per heavy atom. The van der Waals surface area contributed by atoms with Gasteiger partial charge in [0, 0.05) is 24.3 Å². The van der Waals surface area contributed by atoms with E-state index in [1.807, 2.05) is 0 Å². The lowest BCUT2D eigenvalue weighted by molar-refractivity contribution is 0.0773. The van der Waals surface area contributed by atoms with E-state index in [-0.39, 0.29) is 11.7 Å². The molecule has 6 heteroatoms. The van der Waals surface area contributed by atoms with E-state index in [2.05, 4.69) is 10.1 Å². The number of benzene rings is 1. The summed E-state index contributed by atoms with van der Waals surface area (Å²) in [5.74, 6) is 1.14. The predicted molar refractivity (Wildman–Crippen MR) is 68.6 cm³/mol. The number of anilines is 1. The van der Waals surface area contributed by atoms with Gasteiger partial charge in [0.1, 0.15) is 5.75 Å². The van der Waals surface area contributed by atoms with E-state index >= 15 is 0 Å². The summed E-state index contributed by atoms with van der Waals surface area (Å²) in [6.07, 6.45) is 1.99. The first kappa shape index (κ1) is 12.0. The molecule has 1 atom stereocenters. The molecule has 0 radical (unpaired) electrons. The van der Waals surface area contributed by atoms with Crippen LogP contribution in [0, 0.1) is 0 Å². The minimum Gasteiger partial charge on any atom is -0.507 e. The van der Waals surface area contributed by atoms with E-state index in [9.17, 15) is 5.11 Å². The zero-order chi connectivity index (χ0) is 13.2. The highest BCUT2D eigenvalue weighted by molar-refractivity contribution is 5.66. The Morgan fingerprint density at radius 2 is 2.26 bits per heavy atom. The fourth-order valence-corrected chi connectivity index (χ4v) is 2.18. The molecule has 6 nitrogen and oxygen atoms in total. The Labute approximate surface area is 110 Å². The summed E-state index contributed by atoms with van der Waals surface area (Å²) in [6.45, 7) is 1.41. The van der Waals surface area contributed by atoms with Gasteiger partial charge in [0.2, 0.25) is 0 Å². The van der Waals surface area contributed by atoms with Crippen molar-refractivity contribution in [3.63, 3.8) is 0 Å². The van der Waals surface area contributed by atoms with Gasteiger partial charge in [0.05, 0.1) is 12.2 Å². The second kappa shape index (κ2) is 4.89. The fourth-order valence-electron chi connectivity index (χ4n) is 2.18. The smallest absolute Gasteiger partial charge is 0.261 e. The minimum atomic E-state index is 0.0371. The number of rotatable bonds is 2. The van der Waals surface area contributed by atoms with Gasteiger partial charge in [-0.2, -0.15) is 4.98 Å². The molecule has 100 valence electrons. The molecule has 0 spiro atoms. The van der Waals surface area contributed by atoms with Gasteiger partial charge in [-0.15, -0.1) is 0 Å². The number of hydrogen-bond acceptors (Lipinski definition) is 6. The van der Waals surface area contributed by atoms with Gasteiger partial charge in [0.25, 0.3) is 5.89 Å². The molecule has 19 heavy (non-hydrogen) atoms. The molecule has 1 aromatic carbocycles. The van der Waals surface area contributed by atoms with Gasteiger partial charge in [-0.25, -0.2) is 0 Å². The largest absolute Gasteiger partial charge is 0.507 e. The summed E-state index contributed by atoms with van der Waals surface area (Å²) in [4.78, 5) is 4.34. The minimum absolute atomic E-state index is 0.0371. The molecule has 1 aromatic heterocycles. The first-order valence-corrected chi connectivity index (χ1v) is 6.24. The molecule has 1 unspecified atom stereocenters. The molecule has 3 rings (SSSR count). The van der Waals surface area contributed by atoms with Crippen LogP contribution < -0.4 is 5.73 Å². The summed E-state index contributed by atoms with van der Waals surface area (Å²) in [6, 6.07) is 4.81. The average Bonchev–Trinajstić information content (AvgIpc) is 2.89. The van der Waals surface area contributed by atoms with Gasteiger partial charge >= 0.3 is 0 Å². The molecule has 1 aliphatic heterocycles. The number of aromatic nitrogens is 2. The van der Waals surface area contributed by atoms with Crippen molar-refractivity contribution < 1.29 is 14.4 Å². The first-order chi connectivity index (χ1) is 9.24. The van der Waals surface area contributed by atoms with Crippen molar-refractivity contribution in [1.29, 1.82) is 0 Å². The monoisotopic (exact) mass is 261 g/mol. The molecule has 1 saturated heterocycles. The van der Waals surface area contributed by atoms with Gasteiger partial charge in [0.15, 0.2) is 5.82 Å². The molecule has 2 aromatic rings. The second-order valence-corrected chi connectivity index (χ2v) is 4.65. The SMILES string of the molecule is Nc1ccc(-c2nc(C3CCCOC3)no2)c(O)c1. The molecule has 0 saturated carbocycles. The summed E-state index contributed by atoms with van der Waals surface area (Å²) in [5, 5.41) is 13.8. The maximum atomic E-state index is 9.83. The molecular weight excluding hydrogens is 246 g/mol. The van der Waals surface area contributed by atoms with Crippen LogP contribution >= 0.6 is 0 Å². The standard InChI is InChI=1S/C13H15N3O3/c14-9-3-4-10(11(17)6-9)13-15-12(16-19-13)8-2-1-5-18-7-8/h3-4,6,8,17H,1-2,5,7,14H2. The van der Waals surface area contributed by atoms with Crippen LogP contribution in [-0.4, -0.2) is 28.5 Å². The predicted octanol–water partition coefficient (Wildman–Crippen LogP) is 1.92. The Morgan fingerprint density at radius 1 is 1.37 bits per heavy atom. The van der Waals surface area contributed by atoms with Crippen LogP contribution in [0.1, 0.15) is 24.6 Å². The third-order valence-electron chi connectivity index (χ3n) is 3.22. The van der Waals surface area contributed by atoms with Crippen LogP contribution in [0.2, 0.25) is 0 Å². The Balaban J connectivity index is 1.87. The second-order valence-electron chi connectivity index (χ2n) is 4.65. The number of phenolic OH excluding ortho intramolecular Hbond substituents is 1. The van der Waals surface area contributed by atoms with Crippen LogP contribution in [0.3, 0.4) is 0 Å². The highest BCUT2D eigenvalue weighted by Crippen LogP contribution is 2.31. The van der Waals surface area contributed by atoms with Crippen molar-refractivity contribution in [2.75, 3.05) is 18.9 Å². The quantitative estimate of drug-likeness (QED) is 0.802. The van der Waals surface area contributed by atoms with Crippen LogP contribution in [-0.2, 0) is 4.74 Å². The van der Waals surface area contributed by atoms with E-state index in [0.717, 1.165) is 19.4 Å². The maximum Gasteiger partial charge on any atom is 0.261 e. The summed E-state index contributed by atoms with van der Waals surface area (Å²) in [5.41, 5.74) is 6.56. The van der Waals surface area contributed by atoms with E-state index in [1.165, 1.54) is 6.07 Å². The Bertz CT molecular complexity index is 576. The summed E-state index contributed by atoms with van der Waals surface area (Å²) >= 11 is 0. The first-order valence-electron chi connectivity index (χ1n) is 6.24. The van der Waals surface area contributed by atoms with Crippen molar-refractivity contribution in [2.45, 2.75) is 18.8 Å². The molecule has 2 heterocycles. The van der Waals surface area contributed by atoms with Crippen LogP contribution in [0.15, 0.2) is 22.7 Å². The normalized spacial score (nSPS) is 19.5. The summed E-state index contributed by atoms with van der Waals surface area (Å²) < 4.78 is 10.6. The van der Waals surface area contributed by atoms with E-state index in [4.69, 9.17) is 15.0 Å². The Kier molecular flexibility index (Phi) is 3.08. The number of nitrogens with zero attached hydrogens (tertiary/aromatic N) is 2. The van der Waals surface area contributed by atoms with Crippen molar-refractivity contribution in [2.24, 2.45) is 0 Å². The van der Waals surface area contributed by atoms with E-state index in [1.54, 1.807) is 12.1 Å². The molecule has 0 bridgehead atoms. The van der Waals surface area contributed by atoms with Crippen molar-refractivity contribution in [3.05, 3.63) is 24.0 Å². The molecule has 0 aliphatic carbocycles. The molecule has 0 amide bonds. The van der Waals surface area contributed by atoms with Crippen LogP contribution in [0.5, 0.6) is 5.75 Å². The van der Waals surface area contributed by atoms with Crippen molar-refractivity contribution in [1.82, 2.24) is 10.1 Å². The lowest BCUT2D eigenvalue weighted by Gasteiger charge is -2.18. The fraction of sp³-hybridized carbons (Fsp3) is 0.385. The lowest BCUT2D eigenvalue weighted by Crippen LogP contribution is -2.16. The van der Waals surface area contributed by atoms with E-state index in [0.29, 0.717) is 29.6 Å². The number of ether oxygens (including phenoxy) is 1. The number of phenols is 1. The van der Waals surface area contributed by atoms with Gasteiger partial charge < -0.3 is 20.1 Å². The average molecular weight is 261 g/mol. The topological polar surface area (TPSA) is 94.4 Å². The number of nitrogens with two attached hydrogens (primary N) is 1. The lowest BCUT2D eigenvalue weighted by atomic mass is 10.0. The van der Waals surface area contributed by atoms with Gasteiger partial charge in [-0.3, -0.25) is 0 Å². The van der Waals surface area contributed by atoms with Crippen LogP contribution in [0.4, 0.5) is 5.69 Å². The van der Waals surface area contributed by atoms with Crippen molar-refractivity contribution in [3.8, 4) is 17.2 Å². The summed E-state index contributed by atoms with van der Waals surface area (Å²) in [7, 11) is 0. The maximum absolute atomic E-state index is 9.83. The van der Waals surface area contributed by atoms with Gasteiger partial charge in [-0.1, -0.05) is 5.16 Å².